The number of sulfone groups is 1. The van der Waals surface area contributed by atoms with Gasteiger partial charge in [0.1, 0.15) is 0 Å². The van der Waals surface area contributed by atoms with Crippen molar-refractivity contribution in [3.05, 3.63) is 35.4 Å². The van der Waals surface area contributed by atoms with Crippen LogP contribution in [0.15, 0.2) is 24.3 Å². The first-order valence-corrected chi connectivity index (χ1v) is 7.69. The molecule has 1 aromatic carbocycles. The topological polar surface area (TPSA) is 51.2 Å². The lowest BCUT2D eigenvalue weighted by Crippen LogP contribution is -2.38. The Morgan fingerprint density at radius 2 is 2.00 bits per heavy atom. The zero-order valence-electron chi connectivity index (χ0n) is 10.0. The molecule has 0 aromatic heterocycles. The first kappa shape index (κ1) is 14.4. The van der Waals surface area contributed by atoms with E-state index in [-0.39, 0.29) is 5.75 Å². The fourth-order valence-electron chi connectivity index (χ4n) is 1.46. The van der Waals surface area contributed by atoms with Crippen LogP contribution < -0.4 is 0 Å². The quantitative estimate of drug-likeness (QED) is 0.633. The van der Waals surface area contributed by atoms with Crippen LogP contribution in [-0.4, -0.2) is 23.6 Å². The maximum Gasteiger partial charge on any atom is 0.194 e. The van der Waals surface area contributed by atoms with E-state index in [0.29, 0.717) is 5.56 Å². The number of halogens is 1. The molecular formula is C12H15BrO3S. The number of Topliss-reactive ketones (excluding diaryl/α,β-unsaturated/α-hetero) is 1. The Hall–Kier alpha value is -0.680. The molecule has 0 bridgehead atoms. The second-order valence-corrected chi connectivity index (χ2v) is 8.75. The van der Waals surface area contributed by atoms with Gasteiger partial charge < -0.3 is 0 Å². The maximum absolute atomic E-state index is 12.2. The van der Waals surface area contributed by atoms with Crippen LogP contribution in [0, 0.1) is 6.92 Å². The lowest BCUT2D eigenvalue weighted by molar-refractivity contribution is 0.0983. The summed E-state index contributed by atoms with van der Waals surface area (Å²) in [6.07, 6.45) is 0. The molecule has 94 valence electrons. The van der Waals surface area contributed by atoms with Crippen LogP contribution in [0.1, 0.15) is 29.8 Å². The summed E-state index contributed by atoms with van der Waals surface area (Å²) in [5, 5.41) is 0. The fourth-order valence-corrected chi connectivity index (χ4v) is 3.31. The van der Waals surface area contributed by atoms with Gasteiger partial charge in [-0.1, -0.05) is 46.6 Å². The summed E-state index contributed by atoms with van der Waals surface area (Å²) in [4.78, 5) is 12.2. The number of benzene rings is 1. The molecular weight excluding hydrogens is 304 g/mol. The molecule has 0 N–H and O–H groups in total. The van der Waals surface area contributed by atoms with Crippen molar-refractivity contribution in [3.8, 4) is 0 Å². The average molecular weight is 319 g/mol. The molecule has 1 atom stereocenters. The van der Waals surface area contributed by atoms with Gasteiger partial charge in [0.25, 0.3) is 0 Å². The highest BCUT2D eigenvalue weighted by Gasteiger charge is 2.42. The summed E-state index contributed by atoms with van der Waals surface area (Å²) in [6, 6.07) is 6.91. The summed E-state index contributed by atoms with van der Waals surface area (Å²) in [5.74, 6) is -0.505. The van der Waals surface area contributed by atoms with Crippen molar-refractivity contribution < 1.29 is 13.2 Å². The van der Waals surface area contributed by atoms with Gasteiger partial charge in [-0.3, -0.25) is 4.79 Å². The Kier molecular flexibility index (Phi) is 4.15. The minimum atomic E-state index is -3.49. The summed E-state index contributed by atoms with van der Waals surface area (Å²) < 4.78 is 22.2. The van der Waals surface area contributed by atoms with Crippen LogP contribution >= 0.6 is 15.9 Å². The molecule has 1 unspecified atom stereocenters. The molecule has 3 nitrogen and oxygen atoms in total. The Bertz CT molecular complexity index is 532. The van der Waals surface area contributed by atoms with Crippen molar-refractivity contribution in [3.63, 3.8) is 0 Å². The van der Waals surface area contributed by atoms with Crippen molar-refractivity contribution in [2.24, 2.45) is 0 Å². The number of hydrogen-bond donors (Lipinski definition) is 0. The normalized spacial score (nSPS) is 15.3. The molecule has 0 radical (unpaired) electrons. The molecule has 0 saturated carbocycles. The van der Waals surface area contributed by atoms with Gasteiger partial charge in [-0.15, -0.1) is 0 Å². The number of rotatable bonds is 4. The highest BCUT2D eigenvalue weighted by Crippen LogP contribution is 2.30. The Labute approximate surface area is 110 Å². The van der Waals surface area contributed by atoms with E-state index >= 15 is 0 Å². The summed E-state index contributed by atoms with van der Waals surface area (Å²) in [5.41, 5.74) is 1.33. The monoisotopic (exact) mass is 318 g/mol. The number of hydrogen-bond acceptors (Lipinski definition) is 3. The molecule has 0 aliphatic carbocycles. The van der Waals surface area contributed by atoms with Gasteiger partial charge in [-0.25, -0.2) is 8.42 Å². The van der Waals surface area contributed by atoms with Gasteiger partial charge >= 0.3 is 0 Å². The molecule has 0 fully saturated rings. The smallest absolute Gasteiger partial charge is 0.194 e. The number of alkyl halides is 1. The first-order chi connectivity index (χ1) is 7.72. The predicted molar refractivity (Wildman–Crippen MR) is 72.3 cm³/mol. The second kappa shape index (κ2) is 4.90. The predicted octanol–water partition coefficient (Wildman–Crippen LogP) is 2.72. The van der Waals surface area contributed by atoms with Gasteiger partial charge in [0.15, 0.2) is 19.3 Å². The molecule has 5 heteroatoms. The summed E-state index contributed by atoms with van der Waals surface area (Å²) in [7, 11) is -3.49. The molecule has 0 aliphatic rings. The lowest BCUT2D eigenvalue weighted by atomic mass is 10.1. The Balaban J connectivity index is 3.23. The second-order valence-electron chi connectivity index (χ2n) is 4.02. The van der Waals surface area contributed by atoms with Gasteiger partial charge in [-0.2, -0.15) is 0 Å². The number of carbonyl (C=O) groups excluding carboxylic acids is 1. The van der Waals surface area contributed by atoms with E-state index < -0.39 is 19.3 Å². The number of aryl methyl sites for hydroxylation is 1. The zero-order valence-corrected chi connectivity index (χ0v) is 12.4. The maximum atomic E-state index is 12.2. The third-order valence-corrected chi connectivity index (χ3v) is 6.60. The Morgan fingerprint density at radius 3 is 2.47 bits per heavy atom. The molecule has 0 aliphatic heterocycles. The van der Waals surface area contributed by atoms with E-state index in [9.17, 15) is 13.2 Å². The van der Waals surface area contributed by atoms with Gasteiger partial charge in [0.05, 0.1) is 0 Å². The van der Waals surface area contributed by atoms with Crippen LogP contribution in [0.2, 0.25) is 0 Å². The first-order valence-electron chi connectivity index (χ1n) is 5.25. The summed E-state index contributed by atoms with van der Waals surface area (Å²) in [6.45, 7) is 4.77. The fraction of sp³-hybridized carbons (Fsp3) is 0.417. The third kappa shape index (κ3) is 2.77. The van der Waals surface area contributed by atoms with E-state index in [2.05, 4.69) is 15.9 Å². The standard InChI is InChI=1S/C12H15BrO3S/c1-4-17(15,16)12(3,13)11(14)10-7-5-6-9(2)8-10/h5-8H,4H2,1-3H3. The van der Waals surface area contributed by atoms with Crippen LogP contribution in [0.5, 0.6) is 0 Å². The molecule has 0 heterocycles. The van der Waals surface area contributed by atoms with Crippen LogP contribution in [0.3, 0.4) is 0 Å². The number of ketones is 1. The van der Waals surface area contributed by atoms with E-state index in [1.807, 2.05) is 13.0 Å². The summed E-state index contributed by atoms with van der Waals surface area (Å²) >= 11 is 3.05. The highest BCUT2D eigenvalue weighted by atomic mass is 79.9. The molecule has 0 saturated heterocycles. The minimum Gasteiger partial charge on any atom is -0.291 e. The van der Waals surface area contributed by atoms with Crippen LogP contribution in [0.25, 0.3) is 0 Å². The van der Waals surface area contributed by atoms with E-state index in [0.717, 1.165) is 5.56 Å². The van der Waals surface area contributed by atoms with E-state index in [1.165, 1.54) is 13.8 Å². The minimum absolute atomic E-state index is 0.0771. The van der Waals surface area contributed by atoms with Crippen molar-refractivity contribution >= 4 is 31.6 Å². The molecule has 0 amide bonds. The van der Waals surface area contributed by atoms with Crippen molar-refractivity contribution in [2.75, 3.05) is 5.75 Å². The lowest BCUT2D eigenvalue weighted by Gasteiger charge is -2.20. The van der Waals surface area contributed by atoms with Gasteiger partial charge in [-0.05, 0) is 19.9 Å². The van der Waals surface area contributed by atoms with Crippen molar-refractivity contribution in [1.29, 1.82) is 0 Å². The third-order valence-electron chi connectivity index (χ3n) is 2.65. The average Bonchev–Trinajstić information content (AvgIpc) is 2.27. The largest absolute Gasteiger partial charge is 0.291 e. The highest BCUT2D eigenvalue weighted by molar-refractivity contribution is 9.12. The van der Waals surface area contributed by atoms with Crippen LogP contribution in [-0.2, 0) is 9.84 Å². The van der Waals surface area contributed by atoms with E-state index in [1.54, 1.807) is 18.2 Å². The number of carbonyl (C=O) groups is 1. The van der Waals surface area contributed by atoms with Crippen LogP contribution in [0.4, 0.5) is 0 Å². The van der Waals surface area contributed by atoms with Crippen molar-refractivity contribution in [1.82, 2.24) is 0 Å². The SMILES string of the molecule is CCS(=O)(=O)C(C)(Br)C(=O)c1cccc(C)c1. The molecule has 17 heavy (non-hydrogen) atoms. The van der Waals surface area contributed by atoms with Gasteiger partial charge in [0, 0.05) is 11.3 Å². The zero-order chi connectivity index (χ0) is 13.3. The Morgan fingerprint density at radius 1 is 1.41 bits per heavy atom. The molecule has 0 spiro atoms. The van der Waals surface area contributed by atoms with E-state index in [4.69, 9.17) is 0 Å². The van der Waals surface area contributed by atoms with Crippen molar-refractivity contribution in [2.45, 2.75) is 24.4 Å². The van der Waals surface area contributed by atoms with Gasteiger partial charge in [0.2, 0.25) is 0 Å². The molecule has 1 rings (SSSR count). The molecule has 1 aromatic rings.